The van der Waals surface area contributed by atoms with Gasteiger partial charge in [0.2, 0.25) is 0 Å². The monoisotopic (exact) mass is 660 g/mol. The van der Waals surface area contributed by atoms with Crippen molar-refractivity contribution in [1.29, 1.82) is 0 Å². The second kappa shape index (κ2) is 17.4. The predicted molar refractivity (Wildman–Crippen MR) is 197 cm³/mol. The van der Waals surface area contributed by atoms with Gasteiger partial charge in [-0.1, -0.05) is 137 Å². The van der Waals surface area contributed by atoms with Crippen molar-refractivity contribution in [2.75, 3.05) is 13.2 Å². The standard InChI is InChI=1S/C34H76O4Si4/c1-25(2)24-35-22-21-23-39(36-40(26(3)4,27(5)6)28(7)8,37-41(29(9)10,30(11)12)31(13)14)38-42(32(15)16,33(17)18)34(19)20/h26-34H,1,21-24H2,2-20H3. The van der Waals surface area contributed by atoms with Crippen molar-refractivity contribution in [3.8, 4) is 0 Å². The molecule has 0 spiro atoms. The van der Waals surface area contributed by atoms with Gasteiger partial charge >= 0.3 is 8.80 Å². The molecule has 0 unspecified atom stereocenters. The Morgan fingerprint density at radius 1 is 0.476 bits per heavy atom. The quantitative estimate of drug-likeness (QED) is 0.0697. The average Bonchev–Trinajstić information content (AvgIpc) is 2.81. The first-order valence-electron chi connectivity index (χ1n) is 17.4. The van der Waals surface area contributed by atoms with Crippen LogP contribution >= 0.6 is 0 Å². The van der Waals surface area contributed by atoms with Crippen molar-refractivity contribution in [3.63, 3.8) is 0 Å². The molecular formula is C34H76O4Si4. The molecular weight excluding hydrogens is 585 g/mol. The molecule has 0 N–H and O–H groups in total. The largest absolute Gasteiger partial charge is 0.469 e. The average molecular weight is 661 g/mol. The highest BCUT2D eigenvalue weighted by Gasteiger charge is 2.63. The first-order chi connectivity index (χ1) is 19.0. The number of rotatable bonds is 21. The molecule has 0 saturated carbocycles. The fourth-order valence-corrected chi connectivity index (χ4v) is 39.1. The van der Waals surface area contributed by atoms with Gasteiger partial charge in [-0.2, -0.15) is 0 Å². The van der Waals surface area contributed by atoms with E-state index in [0.717, 1.165) is 18.0 Å². The molecule has 8 heteroatoms. The zero-order valence-corrected chi connectivity index (χ0v) is 35.9. The third-order valence-electron chi connectivity index (χ3n) is 10.2. The zero-order valence-electron chi connectivity index (χ0n) is 31.9. The summed E-state index contributed by atoms with van der Waals surface area (Å²) in [7, 11) is -10.3. The molecule has 0 aromatic carbocycles. The normalized spacial score (nSPS) is 14.5. The molecule has 0 radical (unpaired) electrons. The first-order valence-corrected chi connectivity index (χ1v) is 25.7. The number of ether oxygens (including phenoxy) is 1. The van der Waals surface area contributed by atoms with Crippen molar-refractivity contribution >= 4 is 33.8 Å². The highest BCUT2D eigenvalue weighted by molar-refractivity contribution is 6.94. The van der Waals surface area contributed by atoms with Crippen LogP contribution in [0.5, 0.6) is 0 Å². The van der Waals surface area contributed by atoms with Gasteiger partial charge < -0.3 is 17.1 Å². The summed E-state index contributed by atoms with van der Waals surface area (Å²) in [6.07, 6.45) is 0.885. The maximum atomic E-state index is 8.08. The third-order valence-corrected chi connectivity index (χ3v) is 35.4. The van der Waals surface area contributed by atoms with Crippen LogP contribution in [-0.2, 0) is 17.1 Å². The van der Waals surface area contributed by atoms with Crippen LogP contribution in [0.2, 0.25) is 55.9 Å². The van der Waals surface area contributed by atoms with Crippen LogP contribution < -0.4 is 0 Å². The van der Waals surface area contributed by atoms with Crippen molar-refractivity contribution in [2.24, 2.45) is 0 Å². The summed E-state index contributed by atoms with van der Waals surface area (Å²) in [6.45, 7) is 50.6. The van der Waals surface area contributed by atoms with Crippen LogP contribution in [0.15, 0.2) is 12.2 Å². The molecule has 0 rings (SSSR count). The highest BCUT2D eigenvalue weighted by Crippen LogP contribution is 2.53. The van der Waals surface area contributed by atoms with Crippen LogP contribution in [0.25, 0.3) is 0 Å². The van der Waals surface area contributed by atoms with Gasteiger partial charge in [0.05, 0.1) is 6.61 Å². The molecule has 42 heavy (non-hydrogen) atoms. The Morgan fingerprint density at radius 3 is 0.905 bits per heavy atom. The molecule has 0 heterocycles. The van der Waals surface area contributed by atoms with Gasteiger partial charge in [0.25, 0.3) is 0 Å². The van der Waals surface area contributed by atoms with Gasteiger partial charge in [-0.05, 0) is 63.2 Å². The first kappa shape index (κ1) is 42.4. The Labute approximate surface area is 269 Å². The molecule has 0 atom stereocenters. The smallest absolute Gasteiger partial charge is 0.415 e. The summed E-state index contributed by atoms with van der Waals surface area (Å²) in [5, 5.41) is 0. The zero-order chi connectivity index (χ0) is 33.4. The predicted octanol–water partition coefficient (Wildman–Crippen LogP) is 12.5. The van der Waals surface area contributed by atoms with Gasteiger partial charge in [-0.3, -0.25) is 0 Å². The Hall–Kier alpha value is 0.448. The lowest BCUT2D eigenvalue weighted by atomic mass is 10.4. The van der Waals surface area contributed by atoms with Gasteiger partial charge in [-0.25, -0.2) is 0 Å². The van der Waals surface area contributed by atoms with E-state index in [2.05, 4.69) is 131 Å². The lowest BCUT2D eigenvalue weighted by molar-refractivity contribution is 0.149. The lowest BCUT2D eigenvalue weighted by Crippen LogP contribution is -2.69. The van der Waals surface area contributed by atoms with Crippen molar-refractivity contribution in [1.82, 2.24) is 0 Å². The van der Waals surface area contributed by atoms with E-state index in [0.29, 0.717) is 63.1 Å². The fourth-order valence-electron chi connectivity index (χ4n) is 8.72. The summed E-state index contributed by atoms with van der Waals surface area (Å²) in [4.78, 5) is 0. The molecule has 0 aliphatic heterocycles. The maximum absolute atomic E-state index is 8.08. The summed E-state index contributed by atoms with van der Waals surface area (Å²) in [5.41, 5.74) is 5.17. The van der Waals surface area contributed by atoms with E-state index in [4.69, 9.17) is 17.1 Å². The molecule has 0 bridgehead atoms. The molecule has 0 aromatic heterocycles. The fraction of sp³-hybridized carbons (Fsp3) is 0.941. The summed E-state index contributed by atoms with van der Waals surface area (Å²) in [6, 6.07) is 0.825. The van der Waals surface area contributed by atoms with Crippen LogP contribution in [-0.4, -0.2) is 47.0 Å². The van der Waals surface area contributed by atoms with Crippen molar-refractivity contribution in [2.45, 2.75) is 194 Å². The molecule has 0 amide bonds. The summed E-state index contributed by atoms with van der Waals surface area (Å²) in [5.74, 6) is 0. The molecule has 0 saturated heterocycles. The molecule has 4 nitrogen and oxygen atoms in total. The van der Waals surface area contributed by atoms with Crippen LogP contribution in [0.4, 0.5) is 0 Å². The van der Waals surface area contributed by atoms with Crippen LogP contribution in [0.3, 0.4) is 0 Å². The summed E-state index contributed by atoms with van der Waals surface area (Å²) >= 11 is 0. The van der Waals surface area contributed by atoms with Crippen LogP contribution in [0, 0.1) is 0 Å². The minimum Gasteiger partial charge on any atom is -0.415 e. The minimum absolute atomic E-state index is 0.456. The van der Waals surface area contributed by atoms with Gasteiger partial charge in [0, 0.05) is 12.7 Å². The number of hydrogen-bond donors (Lipinski definition) is 0. The second-order valence-corrected chi connectivity index (χ2v) is 35.9. The highest BCUT2D eigenvalue weighted by atomic mass is 28.5. The maximum Gasteiger partial charge on any atom is 0.469 e. The Kier molecular flexibility index (Phi) is 17.6. The molecule has 0 fully saturated rings. The number of hydrogen-bond acceptors (Lipinski definition) is 4. The Morgan fingerprint density at radius 2 is 0.714 bits per heavy atom. The molecule has 0 aromatic rings. The van der Waals surface area contributed by atoms with E-state index < -0.39 is 33.8 Å². The van der Waals surface area contributed by atoms with Gasteiger partial charge in [-0.15, -0.1) is 0 Å². The van der Waals surface area contributed by atoms with Gasteiger partial charge in [0.15, 0.2) is 25.0 Å². The van der Waals surface area contributed by atoms with Crippen molar-refractivity contribution < 1.29 is 17.1 Å². The van der Waals surface area contributed by atoms with E-state index in [1.807, 2.05) is 6.92 Å². The Bertz CT molecular complexity index is 642. The molecule has 0 aliphatic carbocycles. The Balaban J connectivity index is 7.80. The lowest BCUT2D eigenvalue weighted by Gasteiger charge is -2.56. The summed E-state index contributed by atoms with van der Waals surface area (Å²) < 4.78 is 30.3. The van der Waals surface area contributed by atoms with Crippen molar-refractivity contribution in [3.05, 3.63) is 12.2 Å². The van der Waals surface area contributed by atoms with E-state index in [-0.39, 0.29) is 0 Å². The van der Waals surface area contributed by atoms with Gasteiger partial charge in [0.1, 0.15) is 0 Å². The SMILES string of the molecule is C=C(C)COCCC[Si](O[Si](C(C)C)(C(C)C)C(C)C)(O[Si](C(C)C)(C(C)C)C(C)C)O[Si](C(C)C)(C(C)C)C(C)C. The van der Waals surface area contributed by atoms with Crippen LogP contribution in [0.1, 0.15) is 138 Å². The minimum atomic E-state index is -3.26. The third kappa shape index (κ3) is 9.49. The van der Waals surface area contributed by atoms with E-state index in [1.54, 1.807) is 0 Å². The molecule has 252 valence electrons. The molecule has 0 aliphatic rings. The second-order valence-electron chi connectivity index (χ2n) is 16.1. The van der Waals surface area contributed by atoms with E-state index in [9.17, 15) is 0 Å². The topological polar surface area (TPSA) is 36.9 Å². The van der Waals surface area contributed by atoms with E-state index in [1.165, 1.54) is 0 Å². The van der Waals surface area contributed by atoms with E-state index >= 15 is 0 Å².